The number of hydrogen-bond donors (Lipinski definition) is 3. The lowest BCUT2D eigenvalue weighted by Crippen LogP contribution is -2.35. The summed E-state index contributed by atoms with van der Waals surface area (Å²) >= 11 is 0. The summed E-state index contributed by atoms with van der Waals surface area (Å²) in [5.74, 6) is 2.34. The summed E-state index contributed by atoms with van der Waals surface area (Å²) in [7, 11) is 0. The van der Waals surface area contributed by atoms with Crippen molar-refractivity contribution in [2.45, 2.75) is 109 Å². The molecule has 5 aliphatic rings. The minimum atomic E-state index is -0.640. The first-order valence-electron chi connectivity index (χ1n) is 14.7. The third-order valence-electron chi connectivity index (χ3n) is 10.5. The normalized spacial score (nSPS) is 41.1. The maximum absolute atomic E-state index is 11.1. The molecule has 0 aromatic carbocycles. The number of aliphatic imine (C=N–C) groups is 1. The molecule has 5 nitrogen and oxygen atoms in total. The van der Waals surface area contributed by atoms with E-state index in [-0.39, 0.29) is 16.9 Å². The maximum Gasteiger partial charge on any atom is 0.193 e. The number of nitrogens with zero attached hydrogens (tertiary/aromatic N) is 1. The minimum Gasteiger partial charge on any atom is -0.478 e. The van der Waals surface area contributed by atoms with Gasteiger partial charge in [-0.15, -0.1) is 0 Å². The van der Waals surface area contributed by atoms with Gasteiger partial charge in [-0.1, -0.05) is 57.2 Å². The zero-order valence-corrected chi connectivity index (χ0v) is 23.0. The van der Waals surface area contributed by atoms with Gasteiger partial charge in [0.25, 0.3) is 0 Å². The van der Waals surface area contributed by atoms with Crippen molar-refractivity contribution in [3.8, 4) is 0 Å². The van der Waals surface area contributed by atoms with Gasteiger partial charge in [-0.2, -0.15) is 0 Å². The van der Waals surface area contributed by atoms with Crippen LogP contribution in [0.4, 0.5) is 0 Å². The summed E-state index contributed by atoms with van der Waals surface area (Å²) in [6.07, 6.45) is 16.9. The van der Waals surface area contributed by atoms with Crippen molar-refractivity contribution in [1.29, 1.82) is 0 Å². The number of fused-ring (bicyclic) bond motifs is 1. The van der Waals surface area contributed by atoms with Crippen molar-refractivity contribution < 1.29 is 20.1 Å². The summed E-state index contributed by atoms with van der Waals surface area (Å²) in [4.78, 5) is 4.76. The lowest BCUT2D eigenvalue weighted by Gasteiger charge is -2.44. The average molecular weight is 510 g/mol. The fourth-order valence-electron chi connectivity index (χ4n) is 7.87. The highest BCUT2D eigenvalue weighted by Gasteiger charge is 2.56. The van der Waals surface area contributed by atoms with E-state index in [2.05, 4.69) is 45.6 Å². The van der Waals surface area contributed by atoms with Crippen LogP contribution >= 0.6 is 0 Å². The average Bonchev–Trinajstić information content (AvgIpc) is 3.39. The van der Waals surface area contributed by atoms with E-state index in [0.717, 1.165) is 42.7 Å². The van der Waals surface area contributed by atoms with E-state index in [0.29, 0.717) is 37.2 Å². The number of aliphatic hydroxyl groups excluding tert-OH is 3. The molecule has 1 aliphatic heterocycles. The van der Waals surface area contributed by atoms with Crippen molar-refractivity contribution >= 4 is 5.90 Å². The lowest BCUT2D eigenvalue weighted by molar-refractivity contribution is 0.0862. The predicted octanol–water partition coefficient (Wildman–Crippen LogP) is 5.67. The molecule has 37 heavy (non-hydrogen) atoms. The first kappa shape index (κ1) is 26.9. The van der Waals surface area contributed by atoms with Gasteiger partial charge in [-0.25, -0.2) is 4.99 Å². The van der Waals surface area contributed by atoms with E-state index in [1.807, 2.05) is 6.08 Å². The van der Waals surface area contributed by atoms with E-state index in [4.69, 9.17) is 9.73 Å². The first-order chi connectivity index (χ1) is 17.7. The molecule has 0 saturated heterocycles. The highest BCUT2D eigenvalue weighted by molar-refractivity contribution is 5.87. The summed E-state index contributed by atoms with van der Waals surface area (Å²) in [6, 6.07) is 0.244. The van der Waals surface area contributed by atoms with Crippen LogP contribution in [0.1, 0.15) is 85.0 Å². The van der Waals surface area contributed by atoms with Gasteiger partial charge in [-0.3, -0.25) is 0 Å². The SMILES string of the molecule is C=C1C(=CC=C2CCC[C@]3(C)[C@@H]([C@H](C)C=C[C@@H](O)C4(C5=N[C@H](CC)CO5)CC4)CC[C@@H]23)C[C@@H](O)C[C@@H]1O. The van der Waals surface area contributed by atoms with E-state index in [1.165, 1.54) is 31.3 Å². The standard InChI is InChI=1S/C32H47NO4/c1-5-24-19-37-30(33-24)32(15-16-32)29(36)13-8-20(2)26-11-12-27-22(7-6-14-31(26,27)4)9-10-23-17-25(34)18-28(35)21(23)3/h8-10,13,20,24-29,34-36H,3,5-7,11-12,14-19H2,1-2,4H3/t20-,24-,25-,26-,27+,28+,29-,31-/m1/s1. The molecule has 5 heteroatoms. The van der Waals surface area contributed by atoms with Gasteiger partial charge in [0.1, 0.15) is 6.61 Å². The Balaban J connectivity index is 1.27. The zero-order chi connectivity index (χ0) is 26.4. The topological polar surface area (TPSA) is 82.3 Å². The quantitative estimate of drug-likeness (QED) is 0.386. The second-order valence-corrected chi connectivity index (χ2v) is 12.8. The summed E-state index contributed by atoms with van der Waals surface area (Å²) in [5.41, 5.74) is 3.22. The highest BCUT2D eigenvalue weighted by Crippen LogP contribution is 2.60. The van der Waals surface area contributed by atoms with Gasteiger partial charge in [0.15, 0.2) is 5.90 Å². The molecule has 4 saturated carbocycles. The van der Waals surface area contributed by atoms with Gasteiger partial charge < -0.3 is 20.1 Å². The Bertz CT molecular complexity index is 1000. The van der Waals surface area contributed by atoms with E-state index >= 15 is 0 Å². The monoisotopic (exact) mass is 509 g/mol. The molecule has 0 radical (unpaired) electrons. The molecule has 4 fully saturated rings. The van der Waals surface area contributed by atoms with Crippen molar-refractivity contribution in [3.63, 3.8) is 0 Å². The molecule has 1 heterocycles. The Labute approximate surface area is 223 Å². The van der Waals surface area contributed by atoms with Gasteiger partial charge in [0.05, 0.1) is 29.8 Å². The molecule has 4 aliphatic carbocycles. The Hall–Kier alpha value is -1.69. The fraction of sp³-hybridized carbons (Fsp3) is 0.719. The Morgan fingerprint density at radius 3 is 2.65 bits per heavy atom. The molecule has 0 spiro atoms. The molecular weight excluding hydrogens is 462 g/mol. The third kappa shape index (κ3) is 5.04. The summed E-state index contributed by atoms with van der Waals surface area (Å²) in [5, 5.41) is 31.5. The van der Waals surface area contributed by atoms with Crippen LogP contribution in [0, 0.1) is 28.6 Å². The highest BCUT2D eigenvalue weighted by atomic mass is 16.5. The summed E-state index contributed by atoms with van der Waals surface area (Å²) in [6.45, 7) is 11.7. The molecule has 0 aromatic heterocycles. The Morgan fingerprint density at radius 2 is 1.95 bits per heavy atom. The fourth-order valence-corrected chi connectivity index (χ4v) is 7.87. The van der Waals surface area contributed by atoms with Crippen molar-refractivity contribution in [1.82, 2.24) is 0 Å². The molecule has 3 N–H and O–H groups in total. The summed E-state index contributed by atoms with van der Waals surface area (Å²) < 4.78 is 5.91. The van der Waals surface area contributed by atoms with Crippen LogP contribution < -0.4 is 0 Å². The minimum absolute atomic E-state index is 0.244. The molecule has 0 amide bonds. The van der Waals surface area contributed by atoms with Gasteiger partial charge in [0.2, 0.25) is 0 Å². The van der Waals surface area contributed by atoms with E-state index in [9.17, 15) is 15.3 Å². The van der Waals surface area contributed by atoms with Crippen molar-refractivity contribution in [2.24, 2.45) is 33.6 Å². The molecule has 204 valence electrons. The van der Waals surface area contributed by atoms with Crippen molar-refractivity contribution in [3.05, 3.63) is 47.6 Å². The maximum atomic E-state index is 11.1. The number of allylic oxidation sites excluding steroid dienone is 4. The second kappa shape index (κ2) is 10.5. The van der Waals surface area contributed by atoms with Crippen LogP contribution in [0.2, 0.25) is 0 Å². The van der Waals surface area contributed by atoms with Gasteiger partial charge in [-0.05, 0) is 92.1 Å². The van der Waals surface area contributed by atoms with Crippen LogP contribution in [0.25, 0.3) is 0 Å². The number of hydrogen-bond acceptors (Lipinski definition) is 5. The molecular formula is C32H47NO4. The zero-order valence-electron chi connectivity index (χ0n) is 23.0. The molecule has 0 unspecified atom stereocenters. The van der Waals surface area contributed by atoms with Crippen molar-refractivity contribution in [2.75, 3.05) is 6.61 Å². The van der Waals surface area contributed by atoms with E-state index in [1.54, 1.807) is 0 Å². The lowest BCUT2D eigenvalue weighted by atomic mass is 9.61. The van der Waals surface area contributed by atoms with Gasteiger partial charge in [0, 0.05) is 6.42 Å². The van der Waals surface area contributed by atoms with Crippen LogP contribution in [-0.4, -0.2) is 52.2 Å². The third-order valence-corrected chi connectivity index (χ3v) is 10.5. The second-order valence-electron chi connectivity index (χ2n) is 12.8. The van der Waals surface area contributed by atoms with Crippen LogP contribution in [0.5, 0.6) is 0 Å². The van der Waals surface area contributed by atoms with E-state index < -0.39 is 18.3 Å². The Morgan fingerprint density at radius 1 is 1.16 bits per heavy atom. The first-order valence-corrected chi connectivity index (χ1v) is 14.7. The largest absolute Gasteiger partial charge is 0.478 e. The molecule has 5 rings (SSSR count). The number of ether oxygens (including phenoxy) is 1. The molecule has 8 atom stereocenters. The van der Waals surface area contributed by atoms with Crippen LogP contribution in [-0.2, 0) is 4.74 Å². The predicted molar refractivity (Wildman–Crippen MR) is 148 cm³/mol. The molecule has 0 bridgehead atoms. The number of aliphatic hydroxyl groups is 3. The van der Waals surface area contributed by atoms with Crippen LogP contribution in [0.15, 0.2) is 52.6 Å². The Kier molecular flexibility index (Phi) is 7.61. The van der Waals surface area contributed by atoms with Crippen LogP contribution in [0.3, 0.4) is 0 Å². The smallest absolute Gasteiger partial charge is 0.193 e. The number of rotatable bonds is 7. The van der Waals surface area contributed by atoms with Gasteiger partial charge >= 0.3 is 0 Å². The molecule has 0 aromatic rings.